The van der Waals surface area contributed by atoms with Crippen molar-refractivity contribution >= 4 is 27.3 Å². The molecule has 3 aromatic rings. The van der Waals surface area contributed by atoms with Crippen molar-refractivity contribution in [1.82, 2.24) is 5.32 Å². The SMILES string of the molecule is CC(NC(=O)c1ccc(S(=O)(=O)C(C)C)cc1)c1cccc(NC(=O)c2ccccc2)c1. The van der Waals surface area contributed by atoms with Gasteiger partial charge in [-0.05, 0) is 74.9 Å². The Labute approximate surface area is 188 Å². The van der Waals surface area contributed by atoms with Gasteiger partial charge in [-0.2, -0.15) is 0 Å². The molecule has 0 fully saturated rings. The molecule has 0 aliphatic carbocycles. The van der Waals surface area contributed by atoms with Crippen LogP contribution in [0.15, 0.2) is 83.8 Å². The Morgan fingerprint density at radius 3 is 2.00 bits per heavy atom. The first kappa shape index (κ1) is 23.2. The highest BCUT2D eigenvalue weighted by atomic mass is 32.2. The number of carbonyl (C=O) groups is 2. The van der Waals surface area contributed by atoms with Crippen LogP contribution in [0.5, 0.6) is 0 Å². The molecule has 166 valence electrons. The number of hydrogen-bond donors (Lipinski definition) is 2. The molecule has 3 rings (SSSR count). The monoisotopic (exact) mass is 450 g/mol. The maximum Gasteiger partial charge on any atom is 0.255 e. The molecule has 32 heavy (non-hydrogen) atoms. The van der Waals surface area contributed by atoms with Crippen molar-refractivity contribution in [3.8, 4) is 0 Å². The van der Waals surface area contributed by atoms with Crippen LogP contribution in [0.4, 0.5) is 5.69 Å². The van der Waals surface area contributed by atoms with Crippen molar-refractivity contribution in [3.63, 3.8) is 0 Å². The largest absolute Gasteiger partial charge is 0.346 e. The third-order valence-corrected chi connectivity index (χ3v) is 7.26. The molecule has 2 amide bonds. The van der Waals surface area contributed by atoms with Crippen LogP contribution < -0.4 is 10.6 Å². The van der Waals surface area contributed by atoms with Gasteiger partial charge in [0.15, 0.2) is 9.84 Å². The van der Waals surface area contributed by atoms with E-state index in [1.165, 1.54) is 24.3 Å². The topological polar surface area (TPSA) is 92.3 Å². The molecule has 0 aliphatic heterocycles. The molecule has 0 saturated carbocycles. The van der Waals surface area contributed by atoms with Gasteiger partial charge in [-0.15, -0.1) is 0 Å². The molecule has 3 aromatic carbocycles. The van der Waals surface area contributed by atoms with Crippen molar-refractivity contribution < 1.29 is 18.0 Å². The molecule has 0 aliphatic rings. The maximum atomic E-state index is 12.6. The number of hydrogen-bond acceptors (Lipinski definition) is 4. The van der Waals surface area contributed by atoms with E-state index in [9.17, 15) is 18.0 Å². The van der Waals surface area contributed by atoms with E-state index in [1.54, 1.807) is 44.2 Å². The number of nitrogens with one attached hydrogen (secondary N) is 2. The molecule has 0 spiro atoms. The van der Waals surface area contributed by atoms with Crippen molar-refractivity contribution in [2.45, 2.75) is 37.0 Å². The van der Waals surface area contributed by atoms with E-state index in [-0.39, 0.29) is 22.8 Å². The Hall–Kier alpha value is -3.45. The number of carbonyl (C=O) groups excluding carboxylic acids is 2. The van der Waals surface area contributed by atoms with Gasteiger partial charge in [0.1, 0.15) is 0 Å². The summed E-state index contributed by atoms with van der Waals surface area (Å²) in [5.41, 5.74) is 2.37. The molecule has 0 aromatic heterocycles. The van der Waals surface area contributed by atoms with E-state index >= 15 is 0 Å². The Balaban J connectivity index is 1.68. The molecular formula is C25H26N2O4S. The summed E-state index contributed by atoms with van der Waals surface area (Å²) in [7, 11) is -3.39. The third kappa shape index (κ3) is 5.42. The minimum atomic E-state index is -3.39. The molecule has 1 unspecified atom stereocenters. The number of sulfone groups is 1. The predicted octanol–water partition coefficient (Wildman–Crippen LogP) is 4.61. The minimum absolute atomic E-state index is 0.193. The van der Waals surface area contributed by atoms with Crippen molar-refractivity contribution in [1.29, 1.82) is 0 Å². The zero-order chi connectivity index (χ0) is 23.3. The zero-order valence-corrected chi connectivity index (χ0v) is 19.0. The fraction of sp³-hybridized carbons (Fsp3) is 0.200. The summed E-state index contributed by atoms with van der Waals surface area (Å²) < 4.78 is 24.5. The quantitative estimate of drug-likeness (QED) is 0.550. The van der Waals surface area contributed by atoms with E-state index in [2.05, 4.69) is 10.6 Å². The second kappa shape index (κ2) is 9.78. The van der Waals surface area contributed by atoms with Crippen LogP contribution in [0.3, 0.4) is 0 Å². The lowest BCUT2D eigenvalue weighted by Gasteiger charge is -2.16. The molecule has 0 heterocycles. The fourth-order valence-corrected chi connectivity index (χ4v) is 4.17. The van der Waals surface area contributed by atoms with Crippen molar-refractivity contribution in [3.05, 3.63) is 95.6 Å². The maximum absolute atomic E-state index is 12.6. The van der Waals surface area contributed by atoms with Crippen LogP contribution in [0.2, 0.25) is 0 Å². The Morgan fingerprint density at radius 2 is 1.38 bits per heavy atom. The molecular weight excluding hydrogens is 424 g/mol. The summed E-state index contributed by atoms with van der Waals surface area (Å²) in [4.78, 5) is 25.2. The minimum Gasteiger partial charge on any atom is -0.346 e. The summed E-state index contributed by atoms with van der Waals surface area (Å²) in [5, 5.41) is 5.23. The molecule has 0 radical (unpaired) electrons. The van der Waals surface area contributed by atoms with E-state index < -0.39 is 15.1 Å². The standard InChI is InChI=1S/C25H26N2O4S/c1-17(2)32(30,31)23-14-12-20(13-15-23)24(28)26-18(3)21-10-7-11-22(16-21)27-25(29)19-8-5-4-6-9-19/h4-18H,1-3H3,(H,26,28)(H,27,29). The van der Waals surface area contributed by atoms with E-state index in [0.29, 0.717) is 16.8 Å². The van der Waals surface area contributed by atoms with E-state index in [4.69, 9.17) is 0 Å². The van der Waals surface area contributed by atoms with Gasteiger partial charge in [-0.1, -0.05) is 30.3 Å². The number of anilines is 1. The van der Waals surface area contributed by atoms with Crippen LogP contribution >= 0.6 is 0 Å². The summed E-state index contributed by atoms with van der Waals surface area (Å²) in [5.74, 6) is -0.527. The Bertz CT molecular complexity index is 1200. The Kier molecular flexibility index (Phi) is 7.10. The summed E-state index contributed by atoms with van der Waals surface area (Å²) in [6.07, 6.45) is 0. The summed E-state index contributed by atoms with van der Waals surface area (Å²) in [6.45, 7) is 5.08. The van der Waals surface area contributed by atoms with E-state index in [0.717, 1.165) is 5.56 Å². The number of amides is 2. The van der Waals surface area contributed by atoms with Gasteiger partial charge in [0.05, 0.1) is 16.2 Å². The average Bonchev–Trinajstić information content (AvgIpc) is 2.79. The van der Waals surface area contributed by atoms with Crippen LogP contribution in [0.25, 0.3) is 0 Å². The van der Waals surface area contributed by atoms with Gasteiger partial charge in [0, 0.05) is 16.8 Å². The lowest BCUT2D eigenvalue weighted by atomic mass is 10.1. The van der Waals surface area contributed by atoms with Gasteiger partial charge >= 0.3 is 0 Å². The molecule has 7 heteroatoms. The van der Waals surface area contributed by atoms with Crippen molar-refractivity contribution in [2.24, 2.45) is 0 Å². The average molecular weight is 451 g/mol. The Morgan fingerprint density at radius 1 is 0.750 bits per heavy atom. The molecule has 1 atom stereocenters. The van der Waals surface area contributed by atoms with Gasteiger partial charge in [0.2, 0.25) is 0 Å². The van der Waals surface area contributed by atoms with Crippen LogP contribution in [-0.2, 0) is 9.84 Å². The van der Waals surface area contributed by atoms with Crippen LogP contribution in [-0.4, -0.2) is 25.5 Å². The fourth-order valence-electron chi connectivity index (χ4n) is 3.11. The van der Waals surface area contributed by atoms with Crippen LogP contribution in [0, 0.1) is 0 Å². The second-order valence-corrected chi connectivity index (χ2v) is 10.3. The zero-order valence-electron chi connectivity index (χ0n) is 18.2. The van der Waals surface area contributed by atoms with Gasteiger partial charge in [-0.25, -0.2) is 8.42 Å². The first-order valence-electron chi connectivity index (χ1n) is 10.3. The lowest BCUT2D eigenvalue weighted by molar-refractivity contribution is 0.0939. The first-order valence-corrected chi connectivity index (χ1v) is 11.8. The molecule has 6 nitrogen and oxygen atoms in total. The van der Waals surface area contributed by atoms with Crippen molar-refractivity contribution in [2.75, 3.05) is 5.32 Å². The molecule has 2 N–H and O–H groups in total. The van der Waals surface area contributed by atoms with Gasteiger partial charge in [0.25, 0.3) is 11.8 Å². The highest BCUT2D eigenvalue weighted by molar-refractivity contribution is 7.92. The van der Waals surface area contributed by atoms with Gasteiger partial charge < -0.3 is 10.6 Å². The van der Waals surface area contributed by atoms with E-state index in [1.807, 2.05) is 31.2 Å². The highest BCUT2D eigenvalue weighted by Crippen LogP contribution is 2.20. The normalized spacial score (nSPS) is 12.2. The number of rotatable bonds is 7. The first-order chi connectivity index (χ1) is 15.2. The molecule has 0 saturated heterocycles. The molecule has 0 bridgehead atoms. The number of benzene rings is 3. The summed E-state index contributed by atoms with van der Waals surface area (Å²) >= 11 is 0. The third-order valence-electron chi connectivity index (χ3n) is 5.09. The second-order valence-electron chi connectivity index (χ2n) is 7.76. The highest BCUT2D eigenvalue weighted by Gasteiger charge is 2.20. The summed E-state index contributed by atoms with van der Waals surface area (Å²) in [6, 6.07) is 21.8. The van der Waals surface area contributed by atoms with Gasteiger partial charge in [-0.3, -0.25) is 9.59 Å². The van der Waals surface area contributed by atoms with Crippen LogP contribution in [0.1, 0.15) is 53.1 Å². The smallest absolute Gasteiger partial charge is 0.255 e. The lowest BCUT2D eigenvalue weighted by Crippen LogP contribution is -2.26. The predicted molar refractivity (Wildman–Crippen MR) is 125 cm³/mol.